The van der Waals surface area contributed by atoms with E-state index >= 15 is 0 Å². The number of phenols is 2. The number of likely N-dealkylation sites (N-methyl/N-ethyl adjacent to an activating group) is 1. The van der Waals surface area contributed by atoms with Gasteiger partial charge in [-0.2, -0.15) is 9.65 Å². The molecule has 0 aliphatic carbocycles. The Balaban J connectivity index is 2.46. The summed E-state index contributed by atoms with van der Waals surface area (Å²) in [5.41, 5.74) is -2.61. The molecule has 0 unspecified atom stereocenters. The van der Waals surface area contributed by atoms with Crippen LogP contribution < -0.4 is 26.0 Å². The van der Waals surface area contributed by atoms with Crippen LogP contribution in [0.4, 0.5) is 14.9 Å². The first-order valence-electron chi connectivity index (χ1n) is 13.3. The number of amides is 4. The standard InChI is InChI=1S/C28H33FN6O11/c1-28(2,3)46-27(42)34-21(22(38)13-6-7-15(29)17(10-13)35(43)44)26(41)32-16(8-9-30)24(39)33-20(25(40)31-4)14-11-18(36)23(45-5)19(37)12-14/h6-7,10-12,16,20-22,36-38H,8H2,1-5H3,(H,31,40)(H,32,41)(H,33,39)(H,34,42)/t16-,20-,21+,22+/m0/s1. The number of hydrogen-bond acceptors (Lipinski definition) is 12. The van der Waals surface area contributed by atoms with Crippen LogP contribution in [0.3, 0.4) is 0 Å². The van der Waals surface area contributed by atoms with Crippen LogP contribution >= 0.6 is 0 Å². The van der Waals surface area contributed by atoms with Crippen molar-refractivity contribution in [1.29, 1.82) is 5.26 Å². The van der Waals surface area contributed by atoms with Gasteiger partial charge >= 0.3 is 11.8 Å². The first kappa shape index (κ1) is 36.5. The molecule has 0 bridgehead atoms. The Kier molecular flexibility index (Phi) is 12.2. The number of hydrogen-bond donors (Lipinski definition) is 7. The highest BCUT2D eigenvalue weighted by atomic mass is 19.1. The van der Waals surface area contributed by atoms with E-state index in [1.54, 1.807) is 6.07 Å². The summed E-state index contributed by atoms with van der Waals surface area (Å²) in [6.45, 7) is 4.50. The fourth-order valence-electron chi connectivity index (χ4n) is 4.01. The van der Waals surface area contributed by atoms with Crippen LogP contribution in [-0.4, -0.2) is 75.9 Å². The van der Waals surface area contributed by atoms with E-state index in [9.17, 15) is 54.3 Å². The molecule has 2 rings (SSSR count). The number of ether oxygens (including phenoxy) is 2. The number of nitro benzene ring substituents is 1. The van der Waals surface area contributed by atoms with Crippen molar-refractivity contribution in [3.05, 3.63) is 57.4 Å². The van der Waals surface area contributed by atoms with E-state index in [-0.39, 0.29) is 16.9 Å². The molecule has 0 aliphatic heterocycles. The third-order valence-electron chi connectivity index (χ3n) is 6.11. The smallest absolute Gasteiger partial charge is 0.408 e. The molecule has 0 saturated carbocycles. The molecule has 4 amide bonds. The van der Waals surface area contributed by atoms with E-state index in [1.165, 1.54) is 34.9 Å². The first-order chi connectivity index (χ1) is 21.4. The van der Waals surface area contributed by atoms with Crippen molar-refractivity contribution in [3.63, 3.8) is 0 Å². The highest BCUT2D eigenvalue weighted by Crippen LogP contribution is 2.38. The summed E-state index contributed by atoms with van der Waals surface area (Å²) in [4.78, 5) is 62.2. The maximum Gasteiger partial charge on any atom is 0.408 e. The molecule has 2 aromatic carbocycles. The molecule has 0 radical (unpaired) electrons. The van der Waals surface area contributed by atoms with Gasteiger partial charge in [-0.15, -0.1) is 0 Å². The third-order valence-corrected chi connectivity index (χ3v) is 6.11. The molecular weight excluding hydrogens is 615 g/mol. The number of nitrogens with zero attached hydrogens (tertiary/aromatic N) is 2. The van der Waals surface area contributed by atoms with E-state index in [1.807, 2.05) is 0 Å². The Morgan fingerprint density at radius 2 is 1.63 bits per heavy atom. The molecule has 248 valence electrons. The highest BCUT2D eigenvalue weighted by molar-refractivity contribution is 5.94. The van der Waals surface area contributed by atoms with Crippen LogP contribution in [-0.2, 0) is 19.1 Å². The molecule has 0 spiro atoms. The summed E-state index contributed by atoms with van der Waals surface area (Å²) in [7, 11) is 2.40. The second-order valence-electron chi connectivity index (χ2n) is 10.6. The normalized spacial score (nSPS) is 13.5. The second kappa shape index (κ2) is 15.3. The quantitative estimate of drug-likeness (QED) is 0.126. The SMILES string of the molecule is CNC(=O)[C@@H](NC(=O)[C@H](CC#N)NC(=O)[C@H](NC(=O)OC(C)(C)C)[C@H](O)c1ccc(F)c([N+](=O)[O-])c1)c1cc(O)c(OC)c(O)c1. The number of alkyl carbamates (subject to hydrolysis) is 1. The van der Waals surface area contributed by atoms with E-state index in [0.717, 1.165) is 18.2 Å². The minimum absolute atomic E-state index is 0.122. The molecule has 0 aliphatic rings. The van der Waals surface area contributed by atoms with Crippen molar-refractivity contribution in [1.82, 2.24) is 21.3 Å². The Labute approximate surface area is 261 Å². The van der Waals surface area contributed by atoms with Gasteiger partial charge in [0, 0.05) is 13.1 Å². The Hall–Kier alpha value is -5.70. The van der Waals surface area contributed by atoms with Gasteiger partial charge in [0.25, 0.3) is 0 Å². The van der Waals surface area contributed by atoms with Crippen molar-refractivity contribution in [3.8, 4) is 23.3 Å². The average molecular weight is 649 g/mol. The predicted octanol–water partition coefficient (Wildman–Crippen LogP) is 1.08. The summed E-state index contributed by atoms with van der Waals surface area (Å²) in [6, 6.07) is 0.629. The predicted molar refractivity (Wildman–Crippen MR) is 155 cm³/mol. The van der Waals surface area contributed by atoms with Gasteiger partial charge in [-0.05, 0) is 50.1 Å². The molecular formula is C28H33FN6O11. The lowest BCUT2D eigenvalue weighted by Crippen LogP contribution is -2.56. The number of rotatable bonds is 12. The van der Waals surface area contributed by atoms with Gasteiger partial charge in [-0.3, -0.25) is 24.5 Å². The number of nitriles is 1. The maximum atomic E-state index is 13.9. The van der Waals surface area contributed by atoms with Crippen molar-refractivity contribution in [2.45, 2.75) is 57.0 Å². The number of carbonyl (C=O) groups is 4. The Bertz CT molecular complexity index is 1520. The topological polar surface area (TPSA) is 262 Å². The zero-order valence-electron chi connectivity index (χ0n) is 25.3. The third kappa shape index (κ3) is 9.40. The maximum absolute atomic E-state index is 13.9. The van der Waals surface area contributed by atoms with Crippen molar-refractivity contribution in [2.75, 3.05) is 14.2 Å². The molecule has 4 atom stereocenters. The molecule has 0 fully saturated rings. The number of aliphatic hydroxyl groups is 1. The zero-order valence-corrected chi connectivity index (χ0v) is 25.3. The lowest BCUT2D eigenvalue weighted by Gasteiger charge is -2.28. The number of nitro groups is 1. The van der Waals surface area contributed by atoms with Crippen molar-refractivity contribution in [2.24, 2.45) is 0 Å². The number of carbonyl (C=O) groups excluding carboxylic acids is 4. The van der Waals surface area contributed by atoms with Crippen molar-refractivity contribution >= 4 is 29.5 Å². The van der Waals surface area contributed by atoms with Gasteiger partial charge in [0.2, 0.25) is 29.3 Å². The van der Waals surface area contributed by atoms with Crippen LogP contribution in [0.2, 0.25) is 0 Å². The van der Waals surface area contributed by atoms with Crippen LogP contribution in [0.15, 0.2) is 30.3 Å². The first-order valence-corrected chi connectivity index (χ1v) is 13.3. The molecule has 46 heavy (non-hydrogen) atoms. The average Bonchev–Trinajstić information content (AvgIpc) is 2.96. The zero-order chi connectivity index (χ0) is 34.9. The van der Waals surface area contributed by atoms with Gasteiger partial charge in [0.05, 0.1) is 24.5 Å². The fraction of sp³-hybridized carbons (Fsp3) is 0.393. The van der Waals surface area contributed by atoms with E-state index in [4.69, 9.17) is 9.47 Å². The number of nitrogens with one attached hydrogen (secondary N) is 4. The van der Waals surface area contributed by atoms with Gasteiger partial charge < -0.3 is 46.1 Å². The van der Waals surface area contributed by atoms with Gasteiger partial charge in [0.1, 0.15) is 29.8 Å². The minimum atomic E-state index is -2.07. The molecule has 2 aromatic rings. The summed E-state index contributed by atoms with van der Waals surface area (Å²) < 4.78 is 23.9. The summed E-state index contributed by atoms with van der Waals surface area (Å²) in [5.74, 6) is -5.94. The second-order valence-corrected chi connectivity index (χ2v) is 10.6. The van der Waals surface area contributed by atoms with Crippen LogP contribution in [0.5, 0.6) is 17.2 Å². The number of benzene rings is 2. The molecule has 18 heteroatoms. The lowest BCUT2D eigenvalue weighted by molar-refractivity contribution is -0.387. The summed E-state index contributed by atoms with van der Waals surface area (Å²) in [6.07, 6.45) is -3.99. The van der Waals surface area contributed by atoms with E-state index < -0.39 is 88.0 Å². The highest BCUT2D eigenvalue weighted by Gasteiger charge is 2.36. The minimum Gasteiger partial charge on any atom is -0.504 e. The molecule has 0 aromatic heterocycles. The largest absolute Gasteiger partial charge is 0.504 e. The van der Waals surface area contributed by atoms with Crippen LogP contribution in [0, 0.1) is 27.3 Å². The summed E-state index contributed by atoms with van der Waals surface area (Å²) in [5, 5.41) is 60.8. The van der Waals surface area contributed by atoms with Crippen LogP contribution in [0.25, 0.3) is 0 Å². The number of aromatic hydroxyl groups is 2. The Morgan fingerprint density at radius 3 is 2.13 bits per heavy atom. The van der Waals surface area contributed by atoms with E-state index in [0.29, 0.717) is 12.1 Å². The monoisotopic (exact) mass is 648 g/mol. The number of halogens is 1. The fourth-order valence-corrected chi connectivity index (χ4v) is 4.01. The van der Waals surface area contributed by atoms with Crippen molar-refractivity contribution < 1.29 is 53.3 Å². The van der Waals surface area contributed by atoms with Gasteiger partial charge in [-0.25, -0.2) is 4.79 Å². The van der Waals surface area contributed by atoms with Crippen LogP contribution in [0.1, 0.15) is 50.5 Å². The van der Waals surface area contributed by atoms with Gasteiger partial charge in [-0.1, -0.05) is 6.07 Å². The molecule has 0 heterocycles. The van der Waals surface area contributed by atoms with E-state index in [2.05, 4.69) is 21.3 Å². The summed E-state index contributed by atoms with van der Waals surface area (Å²) >= 11 is 0. The number of phenolic OH excluding ortho intramolecular Hbond substituents is 2. The molecule has 17 nitrogen and oxygen atoms in total. The lowest BCUT2D eigenvalue weighted by atomic mass is 10.00. The molecule has 7 N–H and O–H groups in total. The van der Waals surface area contributed by atoms with Gasteiger partial charge in [0.15, 0.2) is 11.5 Å². The number of aliphatic hydroxyl groups excluding tert-OH is 1. The molecule has 0 saturated heterocycles. The number of methoxy groups -OCH3 is 1. The Morgan fingerprint density at radius 1 is 1.02 bits per heavy atom.